The number of unbranched alkanes of at least 4 members (excludes halogenated alkanes) is 44. The molecule has 118 heavy (non-hydrogen) atoms. The quantitative estimate of drug-likeness (QED) is 0.0189. The molecule has 0 amide bonds. The van der Waals surface area contributed by atoms with Gasteiger partial charge in [0, 0.05) is 51.4 Å². The highest BCUT2D eigenvalue weighted by atomic mass is 31.2. The molecule has 0 aromatic heterocycles. The second-order valence-electron chi connectivity index (χ2n) is 34.9. The van der Waals surface area contributed by atoms with Crippen LogP contribution in [0.4, 0.5) is 0 Å². The third-order valence-corrected chi connectivity index (χ3v) is 25.9. The fourth-order valence-electron chi connectivity index (χ4n) is 16.9. The molecule has 5 fully saturated rings. The molecule has 5 aliphatic rings. The van der Waals surface area contributed by atoms with Crippen LogP contribution in [0, 0.1) is 0 Å². The maximum atomic E-state index is 14.8. The minimum atomic E-state index is -5.22. The highest BCUT2D eigenvalue weighted by Crippen LogP contribution is 2.59. The summed E-state index contributed by atoms with van der Waals surface area (Å²) in [5.41, 5.74) is 0. The molecule has 0 radical (unpaired) electrons. The number of carbonyl (C=O) groups excluding carboxylic acids is 4. The van der Waals surface area contributed by atoms with E-state index in [0.29, 0.717) is 51.4 Å². The lowest BCUT2D eigenvalue weighted by Gasteiger charge is -2.42. The largest absolute Gasteiger partial charge is 0.472 e. The third-order valence-electron chi connectivity index (χ3n) is 24.0. The van der Waals surface area contributed by atoms with Crippen LogP contribution in [0.1, 0.15) is 451 Å². The van der Waals surface area contributed by atoms with Gasteiger partial charge in [0.05, 0.1) is 13.2 Å². The normalized spacial score (nSPS) is 21.2. The number of phosphoric acid groups is 2. The molecule has 2 N–H and O–H groups in total. The summed E-state index contributed by atoms with van der Waals surface area (Å²) in [4.78, 5) is 77.8. The molecule has 0 aromatic rings. The van der Waals surface area contributed by atoms with E-state index in [2.05, 4.69) is 76.3 Å². The Bertz CT molecular complexity index is 2550. The Hall–Kier alpha value is -3.10. The van der Waals surface area contributed by atoms with E-state index in [1.807, 2.05) is 0 Å². The Morgan fingerprint density at radius 1 is 0.305 bits per heavy atom. The first kappa shape index (κ1) is 105. The van der Waals surface area contributed by atoms with Crippen molar-refractivity contribution in [1.82, 2.24) is 0 Å². The van der Waals surface area contributed by atoms with Gasteiger partial charge in [0.1, 0.15) is 49.8 Å². The summed E-state index contributed by atoms with van der Waals surface area (Å²) < 4.78 is 104. The highest BCUT2D eigenvalue weighted by molar-refractivity contribution is 7.47. The van der Waals surface area contributed by atoms with Crippen molar-refractivity contribution in [2.24, 2.45) is 0 Å². The zero-order valence-electron chi connectivity index (χ0n) is 74.9. The number of esters is 4. The second-order valence-corrected chi connectivity index (χ2v) is 37.7. The summed E-state index contributed by atoms with van der Waals surface area (Å²) in [6.45, 7) is 6.77. The molecule has 0 aromatic carbocycles. The molecule has 2 spiro atoms. The molecular weight excluding hydrogens is 1530 g/mol. The Morgan fingerprint density at radius 3 is 0.754 bits per heavy atom. The van der Waals surface area contributed by atoms with Crippen LogP contribution in [0.3, 0.4) is 0 Å². The van der Waals surface area contributed by atoms with Gasteiger partial charge in [0.25, 0.3) is 0 Å². The SMILES string of the molecule is CCCCCCCC/C=C\CCCCCCCC(=O)OCC(COP(=O)(O)OC1C2OC3(CCCCC3)OC2C(OP(=O)(O)OCC(COC(=O)CCCCCCC/C=C/CCCCCCCC)OC(=O)CCCCCCC/C=C/CCCCCCCC)C2OC3(CCCCC3)OC21)OC(=O)CCCCCCC/C=C\CCCCCCCC. The molecular formula is C96H170O20P2. The molecule has 2 saturated heterocycles. The molecule has 22 heteroatoms. The maximum Gasteiger partial charge on any atom is 0.472 e. The van der Waals surface area contributed by atoms with Crippen molar-refractivity contribution in [3.63, 3.8) is 0 Å². The Morgan fingerprint density at radius 2 is 0.517 bits per heavy atom. The fraction of sp³-hybridized carbons (Fsp3) is 0.875. The van der Waals surface area contributed by atoms with E-state index in [1.54, 1.807) is 0 Å². The number of carbonyl (C=O) groups is 4. The number of phosphoric ester groups is 2. The molecule has 8 atom stereocenters. The van der Waals surface area contributed by atoms with E-state index < -0.39 is 126 Å². The van der Waals surface area contributed by atoms with Crippen LogP contribution in [-0.4, -0.2) is 120 Å². The molecule has 8 unspecified atom stereocenters. The van der Waals surface area contributed by atoms with E-state index in [0.717, 1.165) is 193 Å². The Kier molecular flexibility index (Phi) is 60.1. The van der Waals surface area contributed by atoms with Gasteiger partial charge in [-0.15, -0.1) is 0 Å². The van der Waals surface area contributed by atoms with Crippen LogP contribution < -0.4 is 0 Å². The van der Waals surface area contributed by atoms with Gasteiger partial charge in [0.15, 0.2) is 23.8 Å². The van der Waals surface area contributed by atoms with Gasteiger partial charge in [-0.2, -0.15) is 0 Å². The second kappa shape index (κ2) is 67.3. The lowest BCUT2D eigenvalue weighted by atomic mass is 9.85. The summed E-state index contributed by atoms with van der Waals surface area (Å²) in [6.07, 6.45) is 72.5. The maximum absolute atomic E-state index is 14.8. The number of hydrogen-bond acceptors (Lipinski definition) is 18. The zero-order valence-corrected chi connectivity index (χ0v) is 76.7. The molecule has 20 nitrogen and oxygen atoms in total. The van der Waals surface area contributed by atoms with Crippen molar-refractivity contribution in [1.29, 1.82) is 0 Å². The van der Waals surface area contributed by atoms with Crippen molar-refractivity contribution in [3.8, 4) is 0 Å². The van der Waals surface area contributed by atoms with Crippen molar-refractivity contribution in [3.05, 3.63) is 48.6 Å². The van der Waals surface area contributed by atoms with E-state index >= 15 is 0 Å². The smallest absolute Gasteiger partial charge is 0.462 e. The topological polar surface area (TPSA) is 254 Å². The van der Waals surface area contributed by atoms with E-state index in [4.69, 9.17) is 56.0 Å². The van der Waals surface area contributed by atoms with Gasteiger partial charge in [0.2, 0.25) is 0 Å². The molecule has 3 aliphatic carbocycles. The van der Waals surface area contributed by atoms with Crippen molar-refractivity contribution < 1.29 is 94.1 Å². The minimum absolute atomic E-state index is 0.0897. The fourth-order valence-corrected chi connectivity index (χ4v) is 18.8. The predicted octanol–water partition coefficient (Wildman–Crippen LogP) is 27.0. The lowest BCUT2D eigenvalue weighted by Crippen LogP contribution is -2.62. The van der Waals surface area contributed by atoms with E-state index in [-0.39, 0.29) is 25.7 Å². The first-order valence-electron chi connectivity index (χ1n) is 48.9. The summed E-state index contributed by atoms with van der Waals surface area (Å²) in [5.74, 6) is -4.58. The summed E-state index contributed by atoms with van der Waals surface area (Å²) >= 11 is 0. The van der Waals surface area contributed by atoms with Gasteiger partial charge < -0.3 is 47.7 Å². The average molecular weight is 1710 g/mol. The monoisotopic (exact) mass is 1710 g/mol. The Balaban J connectivity index is 1.23. The average Bonchev–Trinajstić information content (AvgIpc) is 1.56. The molecule has 0 bridgehead atoms. The number of ether oxygens (including phenoxy) is 8. The number of rotatable bonds is 76. The highest BCUT2D eigenvalue weighted by Gasteiger charge is 2.69. The summed E-state index contributed by atoms with van der Waals surface area (Å²) in [7, 11) is -10.4. The number of allylic oxidation sites excluding steroid dienone is 8. The standard InChI is InChI=1S/C96H170O20P2/c1-5-9-13-17-21-25-29-33-37-41-45-49-53-57-63-71-85(97)105-79-83(109-87(99)73-65-59-55-51-47-43-39-35-31-27-23-19-15-11-7-3)81-107-117(101,102)115-93-89-91(113-95(111-89)75-67-61-68-76-95)94(92-90(93)112-96(114-92)77-69-62-70-78-96)116-118(103,104)108-82-84(110-88(100)74-66-60-56-52-48-44-40-36-32-28-24-20-16-12-8-4)80-106-86(98)72-64-58-54-50-46-42-38-34-30-26-22-18-14-10-6-2/h33-40,83-84,89-94H,5-32,41-82H2,1-4H3,(H,101,102)(H,103,104)/b37-33-,38-34+,39-35-,40-36+. The van der Waals surface area contributed by atoms with Crippen LogP contribution in [0.5, 0.6) is 0 Å². The molecule has 2 aliphatic heterocycles. The summed E-state index contributed by atoms with van der Waals surface area (Å²) in [6, 6.07) is 0. The van der Waals surface area contributed by atoms with Crippen LogP contribution in [0.2, 0.25) is 0 Å². The van der Waals surface area contributed by atoms with Gasteiger partial charge in [-0.1, -0.05) is 295 Å². The predicted molar refractivity (Wildman–Crippen MR) is 472 cm³/mol. The number of hydrogen-bond donors (Lipinski definition) is 2. The molecule has 5 rings (SSSR count). The van der Waals surface area contributed by atoms with Gasteiger partial charge in [-0.3, -0.25) is 37.3 Å². The first-order chi connectivity index (χ1) is 57.5. The third kappa shape index (κ3) is 49.6. The van der Waals surface area contributed by atoms with E-state index in [1.165, 1.54) is 154 Å². The zero-order chi connectivity index (χ0) is 84.6. The number of fused-ring (bicyclic) bond motifs is 2. The summed E-state index contributed by atoms with van der Waals surface area (Å²) in [5, 5.41) is 0. The van der Waals surface area contributed by atoms with Crippen molar-refractivity contribution in [2.75, 3.05) is 26.4 Å². The lowest BCUT2D eigenvalue weighted by molar-refractivity contribution is -0.223. The molecule has 3 saturated carbocycles. The van der Waals surface area contributed by atoms with Crippen molar-refractivity contribution in [2.45, 2.75) is 512 Å². The van der Waals surface area contributed by atoms with Crippen LogP contribution >= 0.6 is 15.6 Å². The van der Waals surface area contributed by atoms with E-state index in [9.17, 15) is 38.1 Å². The minimum Gasteiger partial charge on any atom is -0.462 e. The molecule has 2 heterocycles. The van der Waals surface area contributed by atoms with Crippen LogP contribution in [0.25, 0.3) is 0 Å². The van der Waals surface area contributed by atoms with Gasteiger partial charge >= 0.3 is 39.5 Å². The van der Waals surface area contributed by atoms with Crippen LogP contribution in [-0.2, 0) is 84.3 Å². The van der Waals surface area contributed by atoms with Crippen molar-refractivity contribution >= 4 is 39.5 Å². The van der Waals surface area contributed by atoms with Gasteiger partial charge in [-0.25, -0.2) is 9.13 Å². The van der Waals surface area contributed by atoms with Gasteiger partial charge in [-0.05, 0) is 154 Å². The Labute approximate surface area is 716 Å². The van der Waals surface area contributed by atoms with Crippen LogP contribution in [0.15, 0.2) is 48.6 Å². The first-order valence-corrected chi connectivity index (χ1v) is 51.9. The molecule has 684 valence electrons.